The molecule has 0 bridgehead atoms. The van der Waals surface area contributed by atoms with Gasteiger partial charge in [-0.25, -0.2) is 0 Å². The fourth-order valence-corrected chi connectivity index (χ4v) is 2.97. The molecule has 114 valence electrons. The molecule has 1 aromatic heterocycles. The third kappa shape index (κ3) is 3.92. The maximum Gasteiger partial charge on any atom is 0.244 e. The maximum absolute atomic E-state index is 12.0. The number of hydrogen-bond acceptors (Lipinski definition) is 5. The summed E-state index contributed by atoms with van der Waals surface area (Å²) in [6.07, 6.45) is 7.11. The minimum absolute atomic E-state index is 0.0300. The number of piperidine rings is 1. The molecule has 2 aromatic rings. The maximum atomic E-state index is 12.0. The van der Waals surface area contributed by atoms with Crippen molar-refractivity contribution >= 4 is 29.5 Å². The first-order chi connectivity index (χ1) is 10.8. The van der Waals surface area contributed by atoms with E-state index in [0.717, 1.165) is 37.3 Å². The summed E-state index contributed by atoms with van der Waals surface area (Å²) in [6.45, 7) is 1.80. The number of hydrogen-bond donors (Lipinski definition) is 1. The molecule has 1 saturated heterocycles. The molecule has 0 radical (unpaired) electrons. The molecule has 3 rings (SSSR count). The molecule has 0 saturated carbocycles. The highest BCUT2D eigenvalue weighted by molar-refractivity contribution is 6.99. The quantitative estimate of drug-likeness (QED) is 0.880. The molecule has 6 heteroatoms. The van der Waals surface area contributed by atoms with E-state index in [-0.39, 0.29) is 11.9 Å². The molecule has 1 aliphatic rings. The average Bonchev–Trinajstić information content (AvgIpc) is 3.09. The smallest absolute Gasteiger partial charge is 0.244 e. The van der Waals surface area contributed by atoms with Crippen molar-refractivity contribution in [3.05, 3.63) is 48.2 Å². The monoisotopic (exact) mass is 314 g/mol. The number of anilines is 1. The molecule has 2 heterocycles. The molecule has 1 fully saturated rings. The Balaban J connectivity index is 1.46. The van der Waals surface area contributed by atoms with Crippen LogP contribution in [0.1, 0.15) is 18.4 Å². The first kappa shape index (κ1) is 14.7. The van der Waals surface area contributed by atoms with Crippen molar-refractivity contribution < 1.29 is 4.79 Å². The Morgan fingerprint density at radius 2 is 2.05 bits per heavy atom. The molecular weight excluding hydrogens is 296 g/mol. The predicted octanol–water partition coefficient (Wildman–Crippen LogP) is 2.34. The number of carbonyl (C=O) groups excluding carboxylic acids is 1. The highest BCUT2D eigenvalue weighted by Gasteiger charge is 2.21. The van der Waals surface area contributed by atoms with Crippen molar-refractivity contribution in [2.75, 3.05) is 18.0 Å². The summed E-state index contributed by atoms with van der Waals surface area (Å²) in [7, 11) is 0. The molecule has 1 aromatic carbocycles. The first-order valence-corrected chi connectivity index (χ1v) is 8.10. The molecule has 22 heavy (non-hydrogen) atoms. The van der Waals surface area contributed by atoms with Crippen molar-refractivity contribution in [3.63, 3.8) is 0 Å². The van der Waals surface area contributed by atoms with Crippen LogP contribution in [0.25, 0.3) is 6.08 Å². The number of benzene rings is 1. The Morgan fingerprint density at radius 3 is 2.73 bits per heavy atom. The number of rotatable bonds is 4. The van der Waals surface area contributed by atoms with Gasteiger partial charge in [0, 0.05) is 25.2 Å². The van der Waals surface area contributed by atoms with E-state index in [4.69, 9.17) is 0 Å². The summed E-state index contributed by atoms with van der Waals surface area (Å²) < 4.78 is 8.27. The van der Waals surface area contributed by atoms with E-state index in [0.29, 0.717) is 0 Å². The first-order valence-electron chi connectivity index (χ1n) is 7.37. The minimum atomic E-state index is -0.0300. The number of aromatic nitrogens is 2. The van der Waals surface area contributed by atoms with E-state index in [1.165, 1.54) is 11.7 Å². The lowest BCUT2D eigenvalue weighted by atomic mass is 10.1. The van der Waals surface area contributed by atoms with Crippen molar-refractivity contribution in [1.82, 2.24) is 14.1 Å². The van der Waals surface area contributed by atoms with Gasteiger partial charge in [-0.05, 0) is 24.5 Å². The molecular formula is C16H18N4OS. The van der Waals surface area contributed by atoms with Gasteiger partial charge in [0.05, 0.1) is 17.9 Å². The van der Waals surface area contributed by atoms with Gasteiger partial charge in [-0.15, -0.1) is 0 Å². The molecule has 0 spiro atoms. The number of nitrogens with one attached hydrogen (secondary N) is 1. The third-order valence-electron chi connectivity index (χ3n) is 3.74. The Labute approximate surface area is 134 Å². The summed E-state index contributed by atoms with van der Waals surface area (Å²) >= 11 is 1.23. The van der Waals surface area contributed by atoms with E-state index in [1.54, 1.807) is 12.3 Å². The number of carbonyl (C=O) groups is 1. The van der Waals surface area contributed by atoms with Crippen molar-refractivity contribution in [1.29, 1.82) is 0 Å². The van der Waals surface area contributed by atoms with Crippen LogP contribution in [0.2, 0.25) is 0 Å². The van der Waals surface area contributed by atoms with Gasteiger partial charge in [-0.3, -0.25) is 4.79 Å². The summed E-state index contributed by atoms with van der Waals surface area (Å²) in [4.78, 5) is 14.2. The molecule has 0 atom stereocenters. The van der Waals surface area contributed by atoms with Crippen molar-refractivity contribution in [2.24, 2.45) is 0 Å². The zero-order valence-electron chi connectivity index (χ0n) is 12.2. The molecule has 1 N–H and O–H groups in total. The Bertz CT molecular complexity index is 619. The normalized spacial score (nSPS) is 16.1. The standard InChI is InChI=1S/C16H18N4OS/c21-16(7-6-13-4-2-1-3-5-13)18-14-8-10-20(11-9-14)15-12-17-22-19-15/h1-7,12,14H,8-11H2,(H,18,21)/b7-6+. The largest absolute Gasteiger partial charge is 0.354 e. The molecule has 0 aliphatic carbocycles. The van der Waals surface area contributed by atoms with Crippen LogP contribution in [-0.4, -0.2) is 33.8 Å². The molecule has 5 nitrogen and oxygen atoms in total. The van der Waals surface area contributed by atoms with E-state index in [9.17, 15) is 4.79 Å². The van der Waals surface area contributed by atoms with Crippen LogP contribution in [0, 0.1) is 0 Å². The Kier molecular flexibility index (Phi) is 4.80. The number of nitrogens with zero attached hydrogens (tertiary/aromatic N) is 3. The lowest BCUT2D eigenvalue weighted by Crippen LogP contribution is -2.44. The SMILES string of the molecule is O=C(/C=C/c1ccccc1)NC1CCN(c2cnsn2)CC1. The van der Waals surface area contributed by atoms with E-state index in [2.05, 4.69) is 19.0 Å². The molecule has 0 unspecified atom stereocenters. The van der Waals surface area contributed by atoms with Gasteiger partial charge in [-0.1, -0.05) is 30.3 Å². The Hall–Kier alpha value is -2.21. The van der Waals surface area contributed by atoms with Gasteiger partial charge in [0.15, 0.2) is 5.82 Å². The summed E-state index contributed by atoms with van der Waals surface area (Å²) in [6, 6.07) is 10.1. The Morgan fingerprint density at radius 1 is 1.27 bits per heavy atom. The van der Waals surface area contributed by atoms with Crippen molar-refractivity contribution in [2.45, 2.75) is 18.9 Å². The van der Waals surface area contributed by atoms with Gasteiger partial charge >= 0.3 is 0 Å². The highest BCUT2D eigenvalue weighted by atomic mass is 32.1. The van der Waals surface area contributed by atoms with Gasteiger partial charge in [0.25, 0.3) is 0 Å². The molecule has 1 amide bonds. The van der Waals surface area contributed by atoms with Crippen LogP contribution in [0.3, 0.4) is 0 Å². The van der Waals surface area contributed by atoms with Crippen LogP contribution in [0.5, 0.6) is 0 Å². The van der Waals surface area contributed by atoms with E-state index < -0.39 is 0 Å². The van der Waals surface area contributed by atoms with Crippen LogP contribution in [-0.2, 0) is 4.79 Å². The molecule has 1 aliphatic heterocycles. The zero-order valence-corrected chi connectivity index (χ0v) is 13.0. The van der Waals surface area contributed by atoms with Crippen molar-refractivity contribution in [3.8, 4) is 0 Å². The third-order valence-corrected chi connectivity index (χ3v) is 4.21. The van der Waals surface area contributed by atoms with E-state index >= 15 is 0 Å². The number of amides is 1. The van der Waals surface area contributed by atoms with Crippen LogP contribution in [0.4, 0.5) is 5.82 Å². The van der Waals surface area contributed by atoms with E-state index in [1.807, 2.05) is 36.4 Å². The zero-order chi connectivity index (χ0) is 15.2. The highest BCUT2D eigenvalue weighted by Crippen LogP contribution is 2.17. The second-order valence-electron chi connectivity index (χ2n) is 5.28. The minimum Gasteiger partial charge on any atom is -0.354 e. The van der Waals surface area contributed by atoms with Gasteiger partial charge < -0.3 is 10.2 Å². The second kappa shape index (κ2) is 7.17. The van der Waals surface area contributed by atoms with Crippen LogP contribution < -0.4 is 10.2 Å². The summed E-state index contributed by atoms with van der Waals surface area (Å²) in [5, 5.41) is 3.07. The topological polar surface area (TPSA) is 58.1 Å². The lowest BCUT2D eigenvalue weighted by molar-refractivity contribution is -0.117. The fourth-order valence-electron chi connectivity index (χ4n) is 2.54. The second-order valence-corrected chi connectivity index (χ2v) is 5.84. The lowest BCUT2D eigenvalue weighted by Gasteiger charge is -2.31. The average molecular weight is 314 g/mol. The van der Waals surface area contributed by atoms with Crippen LogP contribution >= 0.6 is 11.7 Å². The fraction of sp³-hybridized carbons (Fsp3) is 0.312. The van der Waals surface area contributed by atoms with Gasteiger partial charge in [0.2, 0.25) is 5.91 Å². The summed E-state index contributed by atoms with van der Waals surface area (Å²) in [5.74, 6) is 0.913. The summed E-state index contributed by atoms with van der Waals surface area (Å²) in [5.41, 5.74) is 1.03. The van der Waals surface area contributed by atoms with Crippen LogP contribution in [0.15, 0.2) is 42.6 Å². The predicted molar refractivity (Wildman–Crippen MR) is 88.8 cm³/mol. The van der Waals surface area contributed by atoms with Gasteiger partial charge in [0.1, 0.15) is 0 Å². The van der Waals surface area contributed by atoms with Gasteiger partial charge in [-0.2, -0.15) is 8.75 Å².